The Hall–Kier alpha value is -1.30. The first-order valence-electron chi connectivity index (χ1n) is 8.09. The normalized spacial score (nSPS) is 26.8. The fourth-order valence-electron chi connectivity index (χ4n) is 3.43. The number of carboxylic acid groups (broad SMARTS) is 1. The first kappa shape index (κ1) is 16.1. The van der Waals surface area contributed by atoms with Crippen molar-refractivity contribution in [2.75, 3.05) is 39.3 Å². The third kappa shape index (κ3) is 4.33. The van der Waals surface area contributed by atoms with Gasteiger partial charge in [0, 0.05) is 32.7 Å². The standard InChI is InChI=1S/C15H27N3O3/c1-2-6-17-7-9-18(10-8-17)15(21)16-11-12-4-3-5-13(12)14(19)20/h12-13H,2-11H2,1H3,(H,16,21)(H,19,20). The number of carbonyl (C=O) groups is 2. The molecule has 120 valence electrons. The van der Waals surface area contributed by atoms with Crippen molar-refractivity contribution in [2.24, 2.45) is 11.8 Å². The second-order valence-electron chi connectivity index (χ2n) is 6.15. The molecule has 0 aromatic heterocycles. The summed E-state index contributed by atoms with van der Waals surface area (Å²) in [6, 6.07) is -0.0396. The van der Waals surface area contributed by atoms with Gasteiger partial charge in [0.15, 0.2) is 0 Å². The molecule has 1 heterocycles. The van der Waals surface area contributed by atoms with Crippen LogP contribution in [0.15, 0.2) is 0 Å². The van der Waals surface area contributed by atoms with Gasteiger partial charge in [0.2, 0.25) is 0 Å². The number of hydrogen-bond donors (Lipinski definition) is 2. The first-order valence-corrected chi connectivity index (χ1v) is 8.09. The van der Waals surface area contributed by atoms with Gasteiger partial charge in [0.1, 0.15) is 0 Å². The Balaban J connectivity index is 1.71. The molecule has 0 aromatic rings. The van der Waals surface area contributed by atoms with E-state index in [-0.39, 0.29) is 17.9 Å². The Bertz CT molecular complexity index is 367. The minimum atomic E-state index is -0.722. The van der Waals surface area contributed by atoms with Gasteiger partial charge in [-0.05, 0) is 31.7 Å². The van der Waals surface area contributed by atoms with Gasteiger partial charge in [-0.25, -0.2) is 4.79 Å². The molecule has 1 aliphatic carbocycles. The molecule has 6 heteroatoms. The van der Waals surface area contributed by atoms with Crippen molar-refractivity contribution in [3.05, 3.63) is 0 Å². The molecule has 0 radical (unpaired) electrons. The van der Waals surface area contributed by atoms with Gasteiger partial charge < -0.3 is 15.3 Å². The summed E-state index contributed by atoms with van der Waals surface area (Å²) >= 11 is 0. The van der Waals surface area contributed by atoms with E-state index in [0.717, 1.165) is 58.4 Å². The largest absolute Gasteiger partial charge is 0.481 e. The Morgan fingerprint density at radius 2 is 1.90 bits per heavy atom. The molecule has 2 fully saturated rings. The van der Waals surface area contributed by atoms with Gasteiger partial charge >= 0.3 is 12.0 Å². The molecule has 2 N–H and O–H groups in total. The number of piperazine rings is 1. The zero-order valence-corrected chi connectivity index (χ0v) is 12.9. The van der Waals surface area contributed by atoms with E-state index in [9.17, 15) is 9.59 Å². The van der Waals surface area contributed by atoms with Crippen LogP contribution in [0.1, 0.15) is 32.6 Å². The molecule has 1 saturated carbocycles. The molecule has 0 spiro atoms. The lowest BCUT2D eigenvalue weighted by atomic mass is 9.96. The minimum absolute atomic E-state index is 0.0396. The predicted octanol–water partition coefficient (Wildman–Crippen LogP) is 1.22. The molecule has 0 bridgehead atoms. The zero-order chi connectivity index (χ0) is 15.2. The number of urea groups is 1. The number of rotatable bonds is 5. The van der Waals surface area contributed by atoms with E-state index in [1.54, 1.807) is 0 Å². The number of nitrogens with zero attached hydrogens (tertiary/aromatic N) is 2. The fraction of sp³-hybridized carbons (Fsp3) is 0.867. The van der Waals surface area contributed by atoms with E-state index >= 15 is 0 Å². The average molecular weight is 297 g/mol. The van der Waals surface area contributed by atoms with Gasteiger partial charge in [-0.1, -0.05) is 13.3 Å². The molecule has 6 nitrogen and oxygen atoms in total. The molecule has 1 aliphatic heterocycles. The quantitative estimate of drug-likeness (QED) is 0.800. The highest BCUT2D eigenvalue weighted by atomic mass is 16.4. The molecular formula is C15H27N3O3. The summed E-state index contributed by atoms with van der Waals surface area (Å²) in [5.74, 6) is -0.917. The van der Waals surface area contributed by atoms with Crippen molar-refractivity contribution >= 4 is 12.0 Å². The third-order valence-corrected chi connectivity index (χ3v) is 4.69. The Labute approximate surface area is 126 Å². The molecule has 21 heavy (non-hydrogen) atoms. The van der Waals surface area contributed by atoms with Gasteiger partial charge in [-0.2, -0.15) is 0 Å². The zero-order valence-electron chi connectivity index (χ0n) is 12.9. The maximum Gasteiger partial charge on any atom is 0.317 e. The van der Waals surface area contributed by atoms with E-state index in [2.05, 4.69) is 17.1 Å². The third-order valence-electron chi connectivity index (χ3n) is 4.69. The van der Waals surface area contributed by atoms with E-state index in [0.29, 0.717) is 6.54 Å². The smallest absolute Gasteiger partial charge is 0.317 e. The highest BCUT2D eigenvalue weighted by Gasteiger charge is 2.33. The minimum Gasteiger partial charge on any atom is -0.481 e. The van der Waals surface area contributed by atoms with Crippen LogP contribution in [0.3, 0.4) is 0 Å². The second-order valence-corrected chi connectivity index (χ2v) is 6.15. The number of carbonyl (C=O) groups excluding carboxylic acids is 1. The summed E-state index contributed by atoms with van der Waals surface area (Å²) in [4.78, 5) is 27.5. The van der Waals surface area contributed by atoms with Crippen molar-refractivity contribution in [3.63, 3.8) is 0 Å². The van der Waals surface area contributed by atoms with E-state index in [1.165, 1.54) is 0 Å². The predicted molar refractivity (Wildman–Crippen MR) is 80.2 cm³/mol. The summed E-state index contributed by atoms with van der Waals surface area (Å²) in [5.41, 5.74) is 0. The highest BCUT2D eigenvalue weighted by Crippen LogP contribution is 2.31. The number of amides is 2. The van der Waals surface area contributed by atoms with Gasteiger partial charge in [-0.15, -0.1) is 0 Å². The lowest BCUT2D eigenvalue weighted by Crippen LogP contribution is -2.52. The Morgan fingerprint density at radius 1 is 1.19 bits per heavy atom. The Morgan fingerprint density at radius 3 is 2.52 bits per heavy atom. The van der Waals surface area contributed by atoms with Gasteiger partial charge in [-0.3, -0.25) is 9.69 Å². The maximum atomic E-state index is 12.1. The van der Waals surface area contributed by atoms with Crippen LogP contribution in [0.2, 0.25) is 0 Å². The molecule has 0 aromatic carbocycles. The maximum absolute atomic E-state index is 12.1. The second kappa shape index (κ2) is 7.64. The van der Waals surface area contributed by atoms with Crippen LogP contribution in [-0.2, 0) is 4.79 Å². The van der Waals surface area contributed by atoms with Crippen LogP contribution >= 0.6 is 0 Å². The summed E-state index contributed by atoms with van der Waals surface area (Å²) < 4.78 is 0. The first-order chi connectivity index (χ1) is 10.1. The Kier molecular flexibility index (Phi) is 5.85. The molecular weight excluding hydrogens is 270 g/mol. The van der Waals surface area contributed by atoms with Crippen LogP contribution < -0.4 is 5.32 Å². The van der Waals surface area contributed by atoms with Gasteiger partial charge in [0.25, 0.3) is 0 Å². The summed E-state index contributed by atoms with van der Waals surface area (Å²) in [7, 11) is 0. The van der Waals surface area contributed by atoms with Crippen LogP contribution in [-0.4, -0.2) is 66.2 Å². The van der Waals surface area contributed by atoms with E-state index in [4.69, 9.17) is 5.11 Å². The number of nitrogens with one attached hydrogen (secondary N) is 1. The molecule has 2 atom stereocenters. The molecule has 2 unspecified atom stereocenters. The topological polar surface area (TPSA) is 72.9 Å². The summed E-state index contributed by atoms with van der Waals surface area (Å²) in [5, 5.41) is 12.1. The lowest BCUT2D eigenvalue weighted by Gasteiger charge is -2.34. The van der Waals surface area contributed by atoms with Crippen LogP contribution in [0.4, 0.5) is 4.79 Å². The van der Waals surface area contributed by atoms with Crippen LogP contribution in [0, 0.1) is 11.8 Å². The van der Waals surface area contributed by atoms with Crippen molar-refractivity contribution in [3.8, 4) is 0 Å². The fourth-order valence-corrected chi connectivity index (χ4v) is 3.43. The molecule has 2 amide bonds. The van der Waals surface area contributed by atoms with Crippen molar-refractivity contribution in [1.82, 2.24) is 15.1 Å². The van der Waals surface area contributed by atoms with Crippen molar-refractivity contribution < 1.29 is 14.7 Å². The van der Waals surface area contributed by atoms with E-state index < -0.39 is 5.97 Å². The monoisotopic (exact) mass is 297 g/mol. The number of aliphatic carboxylic acids is 1. The van der Waals surface area contributed by atoms with E-state index in [1.807, 2.05) is 4.90 Å². The van der Waals surface area contributed by atoms with Crippen molar-refractivity contribution in [1.29, 1.82) is 0 Å². The summed E-state index contributed by atoms with van der Waals surface area (Å²) in [6.07, 6.45) is 3.74. The van der Waals surface area contributed by atoms with Crippen LogP contribution in [0.25, 0.3) is 0 Å². The average Bonchev–Trinajstić information content (AvgIpc) is 2.94. The molecule has 1 saturated heterocycles. The van der Waals surface area contributed by atoms with Crippen molar-refractivity contribution in [2.45, 2.75) is 32.6 Å². The van der Waals surface area contributed by atoms with Crippen LogP contribution in [0.5, 0.6) is 0 Å². The number of hydrogen-bond acceptors (Lipinski definition) is 3. The molecule has 2 aliphatic rings. The SMILES string of the molecule is CCCN1CCN(C(=O)NCC2CCCC2C(=O)O)CC1. The highest BCUT2D eigenvalue weighted by molar-refractivity contribution is 5.74. The molecule has 2 rings (SSSR count). The number of carboxylic acids is 1. The summed E-state index contributed by atoms with van der Waals surface area (Å²) in [6.45, 7) is 7.14. The van der Waals surface area contributed by atoms with Gasteiger partial charge in [0.05, 0.1) is 5.92 Å². The lowest BCUT2D eigenvalue weighted by molar-refractivity contribution is -0.142.